The highest BCUT2D eigenvalue weighted by molar-refractivity contribution is 5.55. The van der Waals surface area contributed by atoms with Crippen molar-refractivity contribution >= 4 is 6.29 Å². The molecule has 14 heavy (non-hydrogen) atoms. The van der Waals surface area contributed by atoms with Crippen LogP contribution in [0.1, 0.15) is 17.5 Å². The zero-order valence-corrected chi connectivity index (χ0v) is 7.20. The summed E-state index contributed by atoms with van der Waals surface area (Å²) in [6.45, 7) is 0. The molecule has 1 rings (SSSR count). The Hall–Kier alpha value is -2.33. The SMILES string of the molecule is N#Cc1cc(C#CCC=O)c[nH]c1=O. The largest absolute Gasteiger partial charge is 0.327 e. The van der Waals surface area contributed by atoms with Gasteiger partial charge in [-0.2, -0.15) is 5.26 Å². The Morgan fingerprint density at radius 1 is 1.57 bits per heavy atom. The third kappa shape index (κ3) is 2.33. The minimum atomic E-state index is -0.437. The molecule has 0 aliphatic carbocycles. The zero-order valence-electron chi connectivity index (χ0n) is 7.20. The lowest BCUT2D eigenvalue weighted by atomic mass is 10.2. The van der Waals surface area contributed by atoms with Crippen molar-refractivity contribution in [2.45, 2.75) is 6.42 Å². The maximum Gasteiger partial charge on any atom is 0.265 e. The first kappa shape index (κ1) is 9.76. The number of aromatic nitrogens is 1. The van der Waals surface area contributed by atoms with E-state index in [4.69, 9.17) is 5.26 Å². The third-order valence-electron chi connectivity index (χ3n) is 1.44. The van der Waals surface area contributed by atoms with E-state index in [0.717, 1.165) is 0 Å². The van der Waals surface area contributed by atoms with Gasteiger partial charge in [0.05, 0.1) is 6.42 Å². The molecule has 1 aromatic rings. The molecule has 1 N–H and O–H groups in total. The third-order valence-corrected chi connectivity index (χ3v) is 1.44. The van der Waals surface area contributed by atoms with E-state index in [1.54, 1.807) is 6.07 Å². The number of nitrogens with one attached hydrogen (secondary N) is 1. The van der Waals surface area contributed by atoms with Crippen molar-refractivity contribution in [1.29, 1.82) is 5.26 Å². The molecule has 1 heterocycles. The van der Waals surface area contributed by atoms with Gasteiger partial charge in [0.2, 0.25) is 0 Å². The number of aldehydes is 1. The first-order valence-corrected chi connectivity index (χ1v) is 3.83. The van der Waals surface area contributed by atoms with Crippen LogP contribution in [0, 0.1) is 23.2 Å². The summed E-state index contributed by atoms with van der Waals surface area (Å²) in [6.07, 6.45) is 2.23. The Balaban J connectivity index is 3.04. The number of H-pyrrole nitrogens is 1. The summed E-state index contributed by atoms with van der Waals surface area (Å²) in [6, 6.07) is 3.13. The predicted octanol–water partition coefficient (Wildman–Crippen LogP) is 0.187. The summed E-state index contributed by atoms with van der Waals surface area (Å²) < 4.78 is 0. The van der Waals surface area contributed by atoms with Gasteiger partial charge in [0, 0.05) is 11.8 Å². The summed E-state index contributed by atoms with van der Waals surface area (Å²) in [5.74, 6) is 5.22. The quantitative estimate of drug-likeness (QED) is 0.502. The van der Waals surface area contributed by atoms with Crippen molar-refractivity contribution in [3.8, 4) is 17.9 Å². The lowest BCUT2D eigenvalue weighted by molar-refractivity contribution is -0.107. The number of carbonyl (C=O) groups is 1. The van der Waals surface area contributed by atoms with Crippen molar-refractivity contribution in [3.05, 3.63) is 33.7 Å². The first-order valence-electron chi connectivity index (χ1n) is 3.83. The molecule has 0 fully saturated rings. The molecule has 4 nitrogen and oxygen atoms in total. The zero-order chi connectivity index (χ0) is 10.4. The maximum atomic E-state index is 11.0. The van der Waals surface area contributed by atoms with Crippen LogP contribution in [0.5, 0.6) is 0 Å². The fraction of sp³-hybridized carbons (Fsp3) is 0.100. The molecular formula is C10H6N2O2. The van der Waals surface area contributed by atoms with E-state index in [1.165, 1.54) is 12.3 Å². The molecule has 68 valence electrons. The van der Waals surface area contributed by atoms with Crippen LogP contribution in [0.15, 0.2) is 17.1 Å². The second-order valence-electron chi connectivity index (χ2n) is 2.42. The van der Waals surface area contributed by atoms with Crippen molar-refractivity contribution in [1.82, 2.24) is 4.98 Å². The average molecular weight is 186 g/mol. The highest BCUT2D eigenvalue weighted by Gasteiger charge is 1.97. The number of nitrogens with zero attached hydrogens (tertiary/aromatic N) is 1. The van der Waals surface area contributed by atoms with Crippen molar-refractivity contribution in [3.63, 3.8) is 0 Å². The summed E-state index contributed by atoms with van der Waals surface area (Å²) >= 11 is 0. The Morgan fingerprint density at radius 2 is 2.36 bits per heavy atom. The molecule has 0 bridgehead atoms. The minimum Gasteiger partial charge on any atom is -0.327 e. The molecule has 0 unspecified atom stereocenters. The molecule has 0 atom stereocenters. The molecule has 1 aromatic heterocycles. The van der Waals surface area contributed by atoms with Crippen LogP contribution in [0.2, 0.25) is 0 Å². The molecular weight excluding hydrogens is 180 g/mol. The van der Waals surface area contributed by atoms with Gasteiger partial charge in [-0.05, 0) is 6.07 Å². The van der Waals surface area contributed by atoms with Gasteiger partial charge in [0.25, 0.3) is 5.56 Å². The van der Waals surface area contributed by atoms with Crippen LogP contribution in [0.25, 0.3) is 0 Å². The van der Waals surface area contributed by atoms with Gasteiger partial charge in [0.15, 0.2) is 0 Å². The molecule has 0 spiro atoms. The van der Waals surface area contributed by atoms with Gasteiger partial charge in [-0.3, -0.25) is 4.79 Å². The van der Waals surface area contributed by atoms with Crippen LogP contribution >= 0.6 is 0 Å². The molecule has 0 saturated carbocycles. The van der Waals surface area contributed by atoms with Crippen LogP contribution in [0.3, 0.4) is 0 Å². The van der Waals surface area contributed by atoms with Crippen LogP contribution in [0.4, 0.5) is 0 Å². The number of nitriles is 1. The number of aromatic amines is 1. The summed E-state index contributed by atoms with van der Waals surface area (Å²) in [5, 5.41) is 8.54. The molecule has 0 aliphatic rings. The minimum absolute atomic E-state index is 0.0166. The van der Waals surface area contributed by atoms with Crippen LogP contribution in [-0.4, -0.2) is 11.3 Å². The predicted molar refractivity (Wildman–Crippen MR) is 49.3 cm³/mol. The summed E-state index contributed by atoms with van der Waals surface area (Å²) in [4.78, 5) is 23.3. The van der Waals surface area contributed by atoms with E-state index in [1.807, 2.05) is 0 Å². The van der Waals surface area contributed by atoms with Crippen LogP contribution in [-0.2, 0) is 4.79 Å². The molecule has 0 aromatic carbocycles. The number of hydrogen-bond donors (Lipinski definition) is 1. The highest BCUT2D eigenvalue weighted by atomic mass is 16.1. The van der Waals surface area contributed by atoms with Gasteiger partial charge >= 0.3 is 0 Å². The average Bonchev–Trinajstić information content (AvgIpc) is 2.21. The van der Waals surface area contributed by atoms with Crippen LogP contribution < -0.4 is 5.56 Å². The van der Waals surface area contributed by atoms with Gasteiger partial charge < -0.3 is 9.78 Å². The Labute approximate surface area is 80.2 Å². The van der Waals surface area contributed by atoms with E-state index in [2.05, 4.69) is 16.8 Å². The Bertz CT molecular complexity index is 497. The maximum absolute atomic E-state index is 11.0. The van der Waals surface area contributed by atoms with Gasteiger partial charge in [-0.15, -0.1) is 0 Å². The van der Waals surface area contributed by atoms with Gasteiger partial charge in [-0.1, -0.05) is 11.8 Å². The number of rotatable bonds is 1. The number of carbonyl (C=O) groups excluding carboxylic acids is 1. The van der Waals surface area contributed by atoms with E-state index in [-0.39, 0.29) is 12.0 Å². The summed E-state index contributed by atoms with van der Waals surface area (Å²) in [7, 11) is 0. The molecule has 0 amide bonds. The summed E-state index contributed by atoms with van der Waals surface area (Å²) in [5.41, 5.74) is 0.0966. The molecule has 4 heteroatoms. The highest BCUT2D eigenvalue weighted by Crippen LogP contribution is 1.94. The second-order valence-corrected chi connectivity index (χ2v) is 2.42. The topological polar surface area (TPSA) is 73.7 Å². The van der Waals surface area contributed by atoms with E-state index < -0.39 is 5.56 Å². The fourth-order valence-corrected chi connectivity index (χ4v) is 0.834. The van der Waals surface area contributed by atoms with Crippen molar-refractivity contribution < 1.29 is 4.79 Å². The smallest absolute Gasteiger partial charge is 0.265 e. The van der Waals surface area contributed by atoms with Crippen molar-refractivity contribution in [2.75, 3.05) is 0 Å². The lowest BCUT2D eigenvalue weighted by Crippen LogP contribution is -2.09. The normalized spacial score (nSPS) is 8.21. The van der Waals surface area contributed by atoms with E-state index >= 15 is 0 Å². The van der Waals surface area contributed by atoms with Gasteiger partial charge in [0.1, 0.15) is 17.9 Å². The number of hydrogen-bond acceptors (Lipinski definition) is 3. The first-order chi connectivity index (χ1) is 6.77. The molecule has 0 aliphatic heterocycles. The molecule has 0 saturated heterocycles. The van der Waals surface area contributed by atoms with E-state index in [0.29, 0.717) is 11.8 Å². The Morgan fingerprint density at radius 3 is 3.00 bits per heavy atom. The Kier molecular flexibility index (Phi) is 3.23. The standard InChI is InChI=1S/C10H6N2O2/c11-6-9-5-8(3-1-2-4-13)7-12-10(9)14/h4-5,7H,2H2,(H,12,14). The monoisotopic (exact) mass is 186 g/mol. The molecule has 0 radical (unpaired) electrons. The second kappa shape index (κ2) is 4.64. The lowest BCUT2D eigenvalue weighted by Gasteiger charge is -1.89. The fourth-order valence-electron chi connectivity index (χ4n) is 0.834. The number of pyridine rings is 1. The van der Waals surface area contributed by atoms with Gasteiger partial charge in [-0.25, -0.2) is 0 Å². The van der Waals surface area contributed by atoms with E-state index in [9.17, 15) is 9.59 Å². The van der Waals surface area contributed by atoms with Crippen molar-refractivity contribution in [2.24, 2.45) is 0 Å².